The zero-order chi connectivity index (χ0) is 22.1. The van der Waals surface area contributed by atoms with Gasteiger partial charge in [-0.3, -0.25) is 4.79 Å². The third kappa shape index (κ3) is 4.32. The number of carboxylic acid groups (broad SMARTS) is 1. The van der Waals surface area contributed by atoms with Crippen LogP contribution in [0.5, 0.6) is 0 Å². The van der Waals surface area contributed by atoms with Crippen molar-refractivity contribution < 1.29 is 37.5 Å². The second-order valence-electron chi connectivity index (χ2n) is 7.63. The number of hydrogen-bond donors (Lipinski definition) is 5. The third-order valence-corrected chi connectivity index (χ3v) is 7.44. The van der Waals surface area contributed by atoms with Crippen LogP contribution in [0.1, 0.15) is 12.8 Å². The Bertz CT molecular complexity index is 840. The van der Waals surface area contributed by atoms with E-state index in [1.807, 2.05) is 0 Å². The fourth-order valence-electron chi connectivity index (χ4n) is 3.87. The van der Waals surface area contributed by atoms with Crippen LogP contribution in [-0.4, -0.2) is 89.9 Å². The molecule has 1 aromatic rings. The standard InChI is InChI=1S/C15H26BN5O8S/c17-11-7-28-8-12(11)21(14-19-4-5-29-14)30(26,27)20-6-10(2-1-3-16(24)25)15(18,9-20)13(22)23/h4-5,10-12,24-25H,1-3,6-9,17-18H2,(H,22,23)/t10-,11?,12?,15-/m0/s1. The van der Waals surface area contributed by atoms with E-state index in [2.05, 4.69) is 4.98 Å². The number of ether oxygens (including phenoxy) is 1. The number of hydrogen-bond acceptors (Lipinski definition) is 10. The molecule has 0 bridgehead atoms. The summed E-state index contributed by atoms with van der Waals surface area (Å²) in [7, 11) is -5.85. The molecule has 2 fully saturated rings. The quantitative estimate of drug-likeness (QED) is 0.248. The molecule has 0 saturated carbocycles. The van der Waals surface area contributed by atoms with Gasteiger partial charge in [0, 0.05) is 19.0 Å². The number of oxazole rings is 1. The SMILES string of the molecule is NC1COCC1N(c1ncco1)S(=O)(=O)N1C[C@H](CCCB(O)O)[C@](N)(C(=O)O)C1. The lowest BCUT2D eigenvalue weighted by molar-refractivity contribution is -0.144. The van der Waals surface area contributed by atoms with Crippen molar-refractivity contribution in [3.63, 3.8) is 0 Å². The van der Waals surface area contributed by atoms with Gasteiger partial charge in [0.2, 0.25) is 0 Å². The highest BCUT2D eigenvalue weighted by Gasteiger charge is 2.55. The summed E-state index contributed by atoms with van der Waals surface area (Å²) < 4.78 is 39.4. The summed E-state index contributed by atoms with van der Waals surface area (Å²) >= 11 is 0. The zero-order valence-corrected chi connectivity index (χ0v) is 17.0. The molecule has 1 aromatic heterocycles. The molecule has 4 atom stereocenters. The van der Waals surface area contributed by atoms with Crippen molar-refractivity contribution in [2.45, 2.75) is 36.8 Å². The molecule has 13 nitrogen and oxygen atoms in total. The number of carbonyl (C=O) groups is 1. The van der Waals surface area contributed by atoms with Crippen LogP contribution in [0.15, 0.2) is 16.9 Å². The van der Waals surface area contributed by atoms with Gasteiger partial charge in [0.15, 0.2) is 0 Å². The predicted octanol–water partition coefficient (Wildman–Crippen LogP) is -2.58. The normalized spacial score (nSPS) is 29.9. The Balaban J connectivity index is 1.89. The van der Waals surface area contributed by atoms with Gasteiger partial charge in [-0.15, -0.1) is 0 Å². The van der Waals surface area contributed by atoms with Gasteiger partial charge in [-0.1, -0.05) is 6.42 Å². The van der Waals surface area contributed by atoms with Crippen molar-refractivity contribution in [1.29, 1.82) is 0 Å². The summed E-state index contributed by atoms with van der Waals surface area (Å²) in [6.45, 7) is -0.440. The topological polar surface area (TPSA) is 206 Å². The molecule has 2 aliphatic heterocycles. The monoisotopic (exact) mass is 447 g/mol. The third-order valence-electron chi connectivity index (χ3n) is 5.58. The van der Waals surface area contributed by atoms with Gasteiger partial charge >= 0.3 is 29.3 Å². The van der Waals surface area contributed by atoms with E-state index in [-0.39, 0.29) is 44.9 Å². The van der Waals surface area contributed by atoms with Crippen LogP contribution in [-0.2, 0) is 19.7 Å². The molecule has 0 spiro atoms. The highest BCUT2D eigenvalue weighted by molar-refractivity contribution is 7.90. The number of aromatic nitrogens is 1. The lowest BCUT2D eigenvalue weighted by Gasteiger charge is -2.32. The molecule has 7 N–H and O–H groups in total. The van der Waals surface area contributed by atoms with E-state index >= 15 is 0 Å². The van der Waals surface area contributed by atoms with Crippen LogP contribution in [0.3, 0.4) is 0 Å². The first-order chi connectivity index (χ1) is 14.1. The van der Waals surface area contributed by atoms with E-state index < -0.39 is 53.4 Å². The maximum Gasteiger partial charge on any atom is 0.451 e. The van der Waals surface area contributed by atoms with Crippen molar-refractivity contribution in [2.75, 3.05) is 30.6 Å². The minimum absolute atomic E-state index is 0.0235. The summed E-state index contributed by atoms with van der Waals surface area (Å²) in [5.74, 6) is -2.07. The first-order valence-corrected chi connectivity index (χ1v) is 10.9. The molecule has 30 heavy (non-hydrogen) atoms. The fourth-order valence-corrected chi connectivity index (χ4v) is 5.71. The lowest BCUT2D eigenvalue weighted by atomic mass is 9.78. The highest BCUT2D eigenvalue weighted by Crippen LogP contribution is 2.35. The van der Waals surface area contributed by atoms with Crippen molar-refractivity contribution in [3.05, 3.63) is 12.5 Å². The second kappa shape index (κ2) is 8.78. The summed E-state index contributed by atoms with van der Waals surface area (Å²) in [5.41, 5.74) is 10.3. The summed E-state index contributed by atoms with van der Waals surface area (Å²) in [6, 6.07) is -1.61. The average Bonchev–Trinajstić information content (AvgIpc) is 3.38. The van der Waals surface area contributed by atoms with E-state index in [0.717, 1.165) is 8.61 Å². The molecule has 0 aliphatic carbocycles. The Kier molecular flexibility index (Phi) is 6.71. The lowest BCUT2D eigenvalue weighted by Crippen LogP contribution is -2.57. The van der Waals surface area contributed by atoms with Gasteiger partial charge in [0.05, 0.1) is 31.5 Å². The zero-order valence-electron chi connectivity index (χ0n) is 16.2. The Labute approximate surface area is 173 Å². The Morgan fingerprint density at radius 2 is 2.17 bits per heavy atom. The van der Waals surface area contributed by atoms with Crippen LogP contribution >= 0.6 is 0 Å². The number of nitrogens with two attached hydrogens (primary N) is 2. The Morgan fingerprint density at radius 1 is 1.43 bits per heavy atom. The minimum Gasteiger partial charge on any atom is -0.480 e. The van der Waals surface area contributed by atoms with E-state index in [1.165, 1.54) is 12.5 Å². The van der Waals surface area contributed by atoms with E-state index in [0.29, 0.717) is 0 Å². The molecular weight excluding hydrogens is 421 g/mol. The molecule has 0 radical (unpaired) electrons. The molecule has 3 rings (SSSR count). The minimum atomic E-state index is -4.31. The smallest absolute Gasteiger partial charge is 0.451 e. The number of rotatable bonds is 9. The first kappa shape index (κ1) is 22.9. The van der Waals surface area contributed by atoms with E-state index in [9.17, 15) is 18.3 Å². The number of nitrogens with zero attached hydrogens (tertiary/aromatic N) is 3. The number of aliphatic carboxylic acids is 1. The van der Waals surface area contributed by atoms with Crippen molar-refractivity contribution in [2.24, 2.45) is 17.4 Å². The molecule has 0 aromatic carbocycles. The highest BCUT2D eigenvalue weighted by atomic mass is 32.2. The molecule has 2 unspecified atom stereocenters. The summed E-state index contributed by atoms with van der Waals surface area (Å²) in [6.07, 6.45) is 3.01. The maximum absolute atomic E-state index is 13.5. The average molecular weight is 447 g/mol. The maximum atomic E-state index is 13.5. The Morgan fingerprint density at radius 3 is 2.70 bits per heavy atom. The van der Waals surface area contributed by atoms with Crippen molar-refractivity contribution in [3.8, 4) is 0 Å². The van der Waals surface area contributed by atoms with Crippen molar-refractivity contribution >= 4 is 29.3 Å². The van der Waals surface area contributed by atoms with Crippen LogP contribution in [0.4, 0.5) is 6.01 Å². The number of anilines is 1. The predicted molar refractivity (Wildman–Crippen MR) is 104 cm³/mol. The Hall–Kier alpha value is -1.75. The molecule has 2 aliphatic rings. The largest absolute Gasteiger partial charge is 0.480 e. The van der Waals surface area contributed by atoms with Gasteiger partial charge in [-0.25, -0.2) is 9.29 Å². The van der Waals surface area contributed by atoms with Crippen molar-refractivity contribution in [1.82, 2.24) is 9.29 Å². The molecule has 15 heteroatoms. The van der Waals surface area contributed by atoms with Gasteiger partial charge in [0.1, 0.15) is 11.8 Å². The first-order valence-electron chi connectivity index (χ1n) is 9.48. The van der Waals surface area contributed by atoms with Gasteiger partial charge in [-0.2, -0.15) is 12.7 Å². The van der Waals surface area contributed by atoms with E-state index in [1.54, 1.807) is 0 Å². The molecular formula is C15H26BN5O8S. The molecule has 0 amide bonds. The summed E-state index contributed by atoms with van der Waals surface area (Å²) in [5, 5.41) is 27.7. The van der Waals surface area contributed by atoms with Crippen LogP contribution in [0, 0.1) is 5.92 Å². The second-order valence-corrected chi connectivity index (χ2v) is 9.44. The van der Waals surface area contributed by atoms with E-state index in [4.69, 9.17) is 30.7 Å². The van der Waals surface area contributed by atoms with Crippen LogP contribution < -0.4 is 15.8 Å². The summed E-state index contributed by atoms with van der Waals surface area (Å²) in [4.78, 5) is 15.8. The van der Waals surface area contributed by atoms with Crippen LogP contribution in [0.25, 0.3) is 0 Å². The fraction of sp³-hybridized carbons (Fsp3) is 0.733. The van der Waals surface area contributed by atoms with Gasteiger partial charge in [-0.05, 0) is 12.7 Å². The van der Waals surface area contributed by atoms with Gasteiger partial charge < -0.3 is 35.8 Å². The number of carboxylic acids is 1. The molecule has 3 heterocycles. The molecule has 2 saturated heterocycles. The van der Waals surface area contributed by atoms with Crippen LogP contribution in [0.2, 0.25) is 6.32 Å². The molecule has 168 valence electrons. The van der Waals surface area contributed by atoms with Gasteiger partial charge in [0.25, 0.3) is 0 Å².